The molecule has 0 unspecified atom stereocenters. The molecule has 1 aliphatic rings. The molecule has 0 spiro atoms. The third-order valence-corrected chi connectivity index (χ3v) is 5.05. The van der Waals surface area contributed by atoms with Gasteiger partial charge in [0.25, 0.3) is 5.91 Å². The fraction of sp³-hybridized carbons (Fsp3) is 0.333. The minimum atomic E-state index is -0.146. The maximum atomic E-state index is 12.7. The largest absolute Gasteiger partial charge is 0.354 e. The highest BCUT2D eigenvalue weighted by atomic mass is 16.2. The minimum absolute atomic E-state index is 0.00761. The number of nitrogens with zero attached hydrogens (tertiary/aromatic N) is 5. The van der Waals surface area contributed by atoms with Gasteiger partial charge in [0, 0.05) is 50.3 Å². The Kier molecular flexibility index (Phi) is 5.41. The van der Waals surface area contributed by atoms with Crippen LogP contribution in [0.5, 0.6) is 0 Å². The van der Waals surface area contributed by atoms with E-state index in [2.05, 4.69) is 15.4 Å². The molecule has 2 amide bonds. The lowest BCUT2D eigenvalue weighted by molar-refractivity contribution is -0.129. The fourth-order valence-corrected chi connectivity index (χ4v) is 3.41. The van der Waals surface area contributed by atoms with Crippen molar-refractivity contribution in [3.63, 3.8) is 0 Å². The van der Waals surface area contributed by atoms with Crippen LogP contribution in [0.3, 0.4) is 0 Å². The van der Waals surface area contributed by atoms with Gasteiger partial charge in [-0.3, -0.25) is 14.3 Å². The molecule has 1 aliphatic heterocycles. The molecule has 0 bridgehead atoms. The molecule has 0 saturated carbocycles. The molecule has 2 aromatic heterocycles. The maximum Gasteiger partial charge on any atom is 0.253 e. The molecule has 1 fully saturated rings. The van der Waals surface area contributed by atoms with Gasteiger partial charge in [0.05, 0.1) is 24.5 Å². The molecule has 150 valence electrons. The molecule has 8 nitrogen and oxygen atoms in total. The number of imidazole rings is 1. The van der Waals surface area contributed by atoms with Crippen molar-refractivity contribution in [1.82, 2.24) is 29.5 Å². The molecule has 3 aromatic rings. The average molecular weight is 392 g/mol. The lowest BCUT2D eigenvalue weighted by Gasteiger charge is -2.38. The van der Waals surface area contributed by atoms with Crippen LogP contribution in [0.15, 0.2) is 55.2 Å². The molecule has 4 rings (SSSR count). The number of benzene rings is 1. The van der Waals surface area contributed by atoms with Crippen LogP contribution in [0.4, 0.5) is 0 Å². The second-order valence-corrected chi connectivity index (χ2v) is 7.35. The molecule has 1 saturated heterocycles. The average Bonchev–Trinajstić information content (AvgIpc) is 3.32. The van der Waals surface area contributed by atoms with Gasteiger partial charge in [-0.2, -0.15) is 5.10 Å². The number of amides is 2. The zero-order valence-electron chi connectivity index (χ0n) is 16.4. The van der Waals surface area contributed by atoms with Crippen molar-refractivity contribution in [3.05, 3.63) is 72.1 Å². The lowest BCUT2D eigenvalue weighted by Crippen LogP contribution is -2.56. The highest BCUT2D eigenvalue weighted by Gasteiger charge is 2.35. The number of nitrogens with one attached hydrogen (secondary N) is 1. The van der Waals surface area contributed by atoms with Gasteiger partial charge in [-0.25, -0.2) is 4.98 Å². The van der Waals surface area contributed by atoms with E-state index in [-0.39, 0.29) is 17.7 Å². The van der Waals surface area contributed by atoms with E-state index >= 15 is 0 Å². The molecule has 3 heterocycles. The molecule has 8 heteroatoms. The van der Waals surface area contributed by atoms with Crippen LogP contribution in [0.25, 0.3) is 0 Å². The predicted octanol–water partition coefficient (Wildman–Crippen LogP) is 1.32. The highest BCUT2D eigenvalue weighted by Crippen LogP contribution is 2.19. The first-order valence-electron chi connectivity index (χ1n) is 9.70. The second-order valence-electron chi connectivity index (χ2n) is 7.35. The summed E-state index contributed by atoms with van der Waals surface area (Å²) in [6.45, 7) is 4.68. The zero-order valence-corrected chi connectivity index (χ0v) is 16.4. The van der Waals surface area contributed by atoms with Gasteiger partial charge in [-0.15, -0.1) is 0 Å². The summed E-state index contributed by atoms with van der Waals surface area (Å²) in [6, 6.07) is 9.54. The molecule has 1 aromatic carbocycles. The van der Waals surface area contributed by atoms with Crippen molar-refractivity contribution in [3.8, 4) is 0 Å². The van der Waals surface area contributed by atoms with Crippen LogP contribution in [0.1, 0.15) is 21.6 Å². The number of aryl methyl sites for hydroxylation is 1. The maximum absolute atomic E-state index is 12.7. The Labute approximate surface area is 169 Å². The molecular weight excluding hydrogens is 368 g/mol. The van der Waals surface area contributed by atoms with E-state index in [1.54, 1.807) is 17.4 Å². The number of likely N-dealkylation sites (tertiary alicyclic amines) is 1. The summed E-state index contributed by atoms with van der Waals surface area (Å²) in [5, 5.41) is 7.22. The van der Waals surface area contributed by atoms with Gasteiger partial charge < -0.3 is 14.8 Å². The van der Waals surface area contributed by atoms with Crippen LogP contribution in [-0.2, 0) is 17.9 Å². The van der Waals surface area contributed by atoms with E-state index < -0.39 is 0 Å². The first-order chi connectivity index (χ1) is 14.1. The van der Waals surface area contributed by atoms with Crippen molar-refractivity contribution < 1.29 is 9.59 Å². The topological polar surface area (TPSA) is 85.0 Å². The standard InChI is InChI=1S/C21H24N6O2/c1-16-5-8-27(24-16)10-7-23-20(28)19-13-26(14-19)21(29)18-4-2-3-17(11-18)12-25-9-6-22-15-25/h2-6,8-9,11,15,19H,7,10,12-14H2,1H3,(H,23,28). The zero-order chi connectivity index (χ0) is 20.2. The van der Waals surface area contributed by atoms with E-state index in [0.29, 0.717) is 38.3 Å². The van der Waals surface area contributed by atoms with E-state index in [9.17, 15) is 9.59 Å². The van der Waals surface area contributed by atoms with Crippen LogP contribution >= 0.6 is 0 Å². The Balaban J connectivity index is 1.25. The first kappa shape index (κ1) is 18.9. The van der Waals surface area contributed by atoms with E-state index in [1.807, 2.05) is 58.9 Å². The SMILES string of the molecule is Cc1ccn(CCNC(=O)C2CN(C(=O)c3cccc(Cn4ccnc4)c3)C2)n1. The number of carbonyl (C=O) groups excluding carboxylic acids is 2. The Hall–Kier alpha value is -3.42. The van der Waals surface area contributed by atoms with Gasteiger partial charge in [0.1, 0.15) is 0 Å². The van der Waals surface area contributed by atoms with Gasteiger partial charge in [0.15, 0.2) is 0 Å². The summed E-state index contributed by atoms with van der Waals surface area (Å²) in [7, 11) is 0. The van der Waals surface area contributed by atoms with Crippen molar-refractivity contribution >= 4 is 11.8 Å². The summed E-state index contributed by atoms with van der Waals surface area (Å²) in [6.07, 6.45) is 7.27. The number of hydrogen-bond acceptors (Lipinski definition) is 4. The van der Waals surface area contributed by atoms with Crippen molar-refractivity contribution in [1.29, 1.82) is 0 Å². The van der Waals surface area contributed by atoms with Crippen LogP contribution in [-0.4, -0.2) is 55.7 Å². The molecule has 29 heavy (non-hydrogen) atoms. The van der Waals surface area contributed by atoms with Crippen molar-refractivity contribution in [2.45, 2.75) is 20.0 Å². The highest BCUT2D eigenvalue weighted by molar-refractivity contribution is 5.96. The number of carbonyl (C=O) groups is 2. The van der Waals surface area contributed by atoms with Gasteiger partial charge in [-0.1, -0.05) is 12.1 Å². The number of hydrogen-bond donors (Lipinski definition) is 1. The van der Waals surface area contributed by atoms with Crippen molar-refractivity contribution in [2.75, 3.05) is 19.6 Å². The smallest absolute Gasteiger partial charge is 0.253 e. The Morgan fingerprint density at radius 3 is 2.79 bits per heavy atom. The van der Waals surface area contributed by atoms with Gasteiger partial charge >= 0.3 is 0 Å². The Morgan fingerprint density at radius 2 is 2.07 bits per heavy atom. The van der Waals surface area contributed by atoms with Crippen LogP contribution in [0, 0.1) is 12.8 Å². The van der Waals surface area contributed by atoms with E-state index in [1.165, 1.54) is 0 Å². The summed E-state index contributed by atoms with van der Waals surface area (Å²) in [5.41, 5.74) is 2.65. The summed E-state index contributed by atoms with van der Waals surface area (Å²) in [5.74, 6) is -0.187. The molecular formula is C21H24N6O2. The van der Waals surface area contributed by atoms with Gasteiger partial charge in [0.2, 0.25) is 5.91 Å². The first-order valence-corrected chi connectivity index (χ1v) is 9.70. The monoisotopic (exact) mass is 392 g/mol. The summed E-state index contributed by atoms with van der Waals surface area (Å²) >= 11 is 0. The second kappa shape index (κ2) is 8.30. The molecule has 0 atom stereocenters. The van der Waals surface area contributed by atoms with Gasteiger partial charge in [-0.05, 0) is 30.7 Å². The molecule has 0 radical (unpaired) electrons. The predicted molar refractivity (Wildman–Crippen MR) is 107 cm³/mol. The Bertz CT molecular complexity index is 988. The number of aromatic nitrogens is 4. The normalized spacial score (nSPS) is 13.9. The van der Waals surface area contributed by atoms with E-state index in [4.69, 9.17) is 0 Å². The third-order valence-electron chi connectivity index (χ3n) is 5.05. The number of rotatable bonds is 7. The lowest BCUT2D eigenvalue weighted by atomic mass is 9.97. The third kappa shape index (κ3) is 4.53. The van der Waals surface area contributed by atoms with E-state index in [0.717, 1.165) is 11.3 Å². The summed E-state index contributed by atoms with van der Waals surface area (Å²) in [4.78, 5) is 30.7. The van der Waals surface area contributed by atoms with Crippen molar-refractivity contribution in [2.24, 2.45) is 5.92 Å². The molecule has 1 N–H and O–H groups in total. The molecule has 0 aliphatic carbocycles. The minimum Gasteiger partial charge on any atom is -0.354 e. The Morgan fingerprint density at radius 1 is 1.21 bits per heavy atom. The van der Waals surface area contributed by atoms with Crippen LogP contribution in [0.2, 0.25) is 0 Å². The van der Waals surface area contributed by atoms with Crippen LogP contribution < -0.4 is 5.32 Å². The quantitative estimate of drug-likeness (QED) is 0.657. The summed E-state index contributed by atoms with van der Waals surface area (Å²) < 4.78 is 3.77. The fourth-order valence-electron chi connectivity index (χ4n) is 3.41.